The first-order valence-corrected chi connectivity index (χ1v) is 8.76. The molecule has 3 aromatic rings. The Hall–Kier alpha value is -2.55. The standard InChI is InChI=1S/C19H18N.C5H8O2.Ir/c1-13-5-7-15(3)17(11-13)18-10-9-16-8-6-14(2)12-19(16)20(18)4;1-4(6)3-5(2)7;/h5-12H,3-4H2,1-2H3;3,6H,1-2H3;/q-1;;/b;4-3-;. The monoisotopic (exact) mass is 553 g/mol. The van der Waals surface area contributed by atoms with Crippen LogP contribution in [0.4, 0.5) is 0 Å². The van der Waals surface area contributed by atoms with Crippen LogP contribution in [-0.2, 0) is 24.9 Å². The van der Waals surface area contributed by atoms with E-state index in [2.05, 4.69) is 76.3 Å². The number of pyridine rings is 1. The molecular formula is C24H26IrNO2-. The van der Waals surface area contributed by atoms with E-state index >= 15 is 0 Å². The molecule has 3 rings (SSSR count). The molecule has 3 nitrogen and oxygen atoms in total. The summed E-state index contributed by atoms with van der Waals surface area (Å²) in [7, 11) is 4.23. The molecular weight excluding hydrogens is 526 g/mol. The fourth-order valence-corrected chi connectivity index (χ4v) is 2.87. The van der Waals surface area contributed by atoms with Gasteiger partial charge in [-0.3, -0.25) is 4.79 Å². The second-order valence-corrected chi connectivity index (χ2v) is 6.77. The molecule has 0 aliphatic carbocycles. The van der Waals surface area contributed by atoms with Gasteiger partial charge in [0.05, 0.1) is 11.5 Å². The maximum atomic E-state index is 10.0. The normalized spacial score (nSPS) is 10.6. The number of aromatic nitrogens is 1. The smallest absolute Gasteiger partial charge is 0.155 e. The number of aliphatic hydroxyl groups excluding tert-OH is 1. The largest absolute Gasteiger partial charge is 0.512 e. The Morgan fingerprint density at radius 3 is 2.14 bits per heavy atom. The second-order valence-electron chi connectivity index (χ2n) is 6.77. The van der Waals surface area contributed by atoms with E-state index in [-0.39, 0.29) is 31.6 Å². The predicted molar refractivity (Wildman–Crippen MR) is 111 cm³/mol. The van der Waals surface area contributed by atoms with Crippen molar-refractivity contribution in [1.82, 2.24) is 0 Å². The number of carbonyl (C=O) groups is 1. The Labute approximate surface area is 181 Å². The molecule has 1 N–H and O–H groups in total. The summed E-state index contributed by atoms with van der Waals surface area (Å²) in [6.45, 7) is 11.2. The zero-order valence-electron chi connectivity index (χ0n) is 16.7. The van der Waals surface area contributed by atoms with Gasteiger partial charge in [-0.05, 0) is 39.1 Å². The van der Waals surface area contributed by atoms with Crippen LogP contribution in [0.1, 0.15) is 30.5 Å². The van der Waals surface area contributed by atoms with Crippen LogP contribution in [0.15, 0.2) is 60.4 Å². The summed E-state index contributed by atoms with van der Waals surface area (Å²) in [5.74, 6) is -0.0625. The molecule has 0 saturated carbocycles. The van der Waals surface area contributed by atoms with Crippen molar-refractivity contribution in [2.45, 2.75) is 27.7 Å². The molecule has 1 heterocycles. The molecule has 0 atom stereocenters. The average Bonchev–Trinajstić information content (AvgIpc) is 2.57. The van der Waals surface area contributed by atoms with E-state index in [0.29, 0.717) is 0 Å². The number of allylic oxidation sites excluding steroid dienone is 2. The van der Waals surface area contributed by atoms with Crippen LogP contribution in [-0.4, -0.2) is 10.9 Å². The summed E-state index contributed by atoms with van der Waals surface area (Å²) >= 11 is 0. The third-order valence-corrected chi connectivity index (χ3v) is 4.14. The number of aliphatic hydroxyl groups is 1. The molecule has 1 aromatic heterocycles. The van der Waals surface area contributed by atoms with Gasteiger partial charge in [-0.2, -0.15) is 18.6 Å². The molecule has 0 fully saturated rings. The minimum atomic E-state index is -0.125. The zero-order chi connectivity index (χ0) is 20.1. The van der Waals surface area contributed by atoms with E-state index in [1.807, 2.05) is 4.57 Å². The first-order valence-electron chi connectivity index (χ1n) is 8.76. The van der Waals surface area contributed by atoms with Crippen LogP contribution in [0.5, 0.6) is 0 Å². The van der Waals surface area contributed by atoms with Crippen molar-refractivity contribution in [3.05, 3.63) is 91.0 Å². The number of rotatable bonds is 2. The Balaban J connectivity index is 0.000000425. The van der Waals surface area contributed by atoms with Gasteiger partial charge in [0.2, 0.25) is 0 Å². The van der Waals surface area contributed by atoms with Crippen LogP contribution in [0.2, 0.25) is 0 Å². The van der Waals surface area contributed by atoms with Crippen LogP contribution >= 0.6 is 0 Å². The Morgan fingerprint density at radius 2 is 1.57 bits per heavy atom. The van der Waals surface area contributed by atoms with Gasteiger partial charge in [0.25, 0.3) is 0 Å². The summed E-state index contributed by atoms with van der Waals surface area (Å²) in [6.07, 6.45) is 1.17. The number of hydrogen-bond donors (Lipinski definition) is 1. The van der Waals surface area contributed by atoms with E-state index < -0.39 is 0 Å². The van der Waals surface area contributed by atoms with Crippen molar-refractivity contribution >= 4 is 16.7 Å². The molecule has 0 saturated heterocycles. The number of aryl methyl sites for hydroxylation is 2. The van der Waals surface area contributed by atoms with Crippen molar-refractivity contribution in [3.8, 4) is 11.3 Å². The first kappa shape index (κ1) is 23.5. The maximum absolute atomic E-state index is 10.0. The Kier molecular flexibility index (Phi) is 8.49. The maximum Gasteiger partial charge on any atom is 0.155 e. The van der Waals surface area contributed by atoms with Crippen LogP contribution < -0.4 is 4.57 Å². The van der Waals surface area contributed by atoms with E-state index in [9.17, 15) is 4.79 Å². The number of carbonyl (C=O) groups excluding carboxylic acids is 1. The molecule has 0 spiro atoms. The van der Waals surface area contributed by atoms with Gasteiger partial charge in [-0.15, -0.1) is 17.7 Å². The van der Waals surface area contributed by atoms with Crippen LogP contribution in [0.25, 0.3) is 22.2 Å². The third kappa shape index (κ3) is 5.98. The number of fused-ring (bicyclic) bond motifs is 1. The van der Waals surface area contributed by atoms with Crippen LogP contribution in [0, 0.1) is 27.8 Å². The molecule has 0 amide bonds. The quantitative estimate of drug-likeness (QED) is 0.204. The fourth-order valence-electron chi connectivity index (χ4n) is 2.87. The Morgan fingerprint density at radius 1 is 1.00 bits per heavy atom. The van der Waals surface area contributed by atoms with Gasteiger partial charge < -0.3 is 9.67 Å². The minimum Gasteiger partial charge on any atom is -0.512 e. The minimum absolute atomic E-state index is 0. The summed E-state index contributed by atoms with van der Waals surface area (Å²) in [5.41, 5.74) is 6.88. The molecule has 28 heavy (non-hydrogen) atoms. The summed E-state index contributed by atoms with van der Waals surface area (Å²) in [4.78, 5) is 10.0. The van der Waals surface area contributed by atoms with E-state index in [1.54, 1.807) is 0 Å². The van der Waals surface area contributed by atoms with Crippen molar-refractivity contribution in [1.29, 1.82) is 0 Å². The van der Waals surface area contributed by atoms with Crippen molar-refractivity contribution in [3.63, 3.8) is 0 Å². The third-order valence-electron chi connectivity index (χ3n) is 4.14. The van der Waals surface area contributed by atoms with Crippen molar-refractivity contribution < 1.29 is 34.6 Å². The Bertz CT molecular complexity index is 1020. The molecule has 4 heteroatoms. The van der Waals surface area contributed by atoms with Gasteiger partial charge in [0.1, 0.15) is 5.52 Å². The molecule has 0 bridgehead atoms. The summed E-state index contributed by atoms with van der Waals surface area (Å²) < 4.78 is 2.01. The second kappa shape index (κ2) is 10.1. The zero-order valence-corrected chi connectivity index (χ0v) is 19.1. The molecule has 0 unspecified atom stereocenters. The topological polar surface area (TPSA) is 41.2 Å². The molecule has 149 valence electrons. The van der Waals surface area contributed by atoms with Gasteiger partial charge in [-0.25, -0.2) is 0 Å². The molecule has 0 aliphatic rings. The van der Waals surface area contributed by atoms with Crippen molar-refractivity contribution in [2.75, 3.05) is 0 Å². The number of hydrogen-bond acceptors (Lipinski definition) is 2. The molecule has 1 radical (unpaired) electrons. The average molecular weight is 553 g/mol. The van der Waals surface area contributed by atoms with E-state index in [1.165, 1.54) is 36.4 Å². The summed E-state index contributed by atoms with van der Waals surface area (Å²) in [6, 6.07) is 17.0. The van der Waals surface area contributed by atoms with E-state index in [4.69, 9.17) is 5.11 Å². The molecule has 0 aliphatic heterocycles. The SMILES string of the molecule is CC(=O)/C=C(/C)O.[CH2-]c1ccc(C)cc1-c1ccc2ccc(C)cc2[n+]1[CH2-].[Ir]. The first-order chi connectivity index (χ1) is 12.7. The summed E-state index contributed by atoms with van der Waals surface area (Å²) in [5, 5.41) is 9.56. The van der Waals surface area contributed by atoms with Gasteiger partial charge in [0, 0.05) is 33.2 Å². The van der Waals surface area contributed by atoms with Crippen LogP contribution in [0.3, 0.4) is 0 Å². The number of ketones is 1. The number of nitrogens with zero attached hydrogens (tertiary/aromatic N) is 1. The van der Waals surface area contributed by atoms with E-state index in [0.717, 1.165) is 22.3 Å². The van der Waals surface area contributed by atoms with Crippen molar-refractivity contribution in [2.24, 2.45) is 0 Å². The predicted octanol–water partition coefficient (Wildman–Crippen LogP) is 5.27. The fraction of sp³-hybridized carbons (Fsp3) is 0.167. The van der Waals surface area contributed by atoms with Gasteiger partial charge >= 0.3 is 0 Å². The van der Waals surface area contributed by atoms with Gasteiger partial charge in [0.15, 0.2) is 5.78 Å². The van der Waals surface area contributed by atoms with Gasteiger partial charge in [-0.1, -0.05) is 35.4 Å². The molecule has 2 aromatic carbocycles. The number of benzene rings is 2.